The molecular weight excluding hydrogens is 318 g/mol. The Morgan fingerprint density at radius 2 is 1.92 bits per heavy atom. The third-order valence-electron chi connectivity index (χ3n) is 3.42. The van der Waals surface area contributed by atoms with Gasteiger partial charge in [0.1, 0.15) is 5.75 Å². The summed E-state index contributed by atoms with van der Waals surface area (Å²) in [4.78, 5) is 11.6. The lowest BCUT2D eigenvalue weighted by Crippen LogP contribution is -2.10. The first-order valence-corrected chi connectivity index (χ1v) is 8.08. The van der Waals surface area contributed by atoms with E-state index in [-0.39, 0.29) is 5.91 Å². The highest BCUT2D eigenvalue weighted by Gasteiger charge is 2.05. The molecule has 3 rings (SSSR count). The van der Waals surface area contributed by atoms with Gasteiger partial charge in [0.25, 0.3) is 0 Å². The quantitative estimate of drug-likeness (QED) is 0.744. The van der Waals surface area contributed by atoms with Crippen LogP contribution < -0.4 is 10.1 Å². The largest absolute Gasteiger partial charge is 0.438 e. The van der Waals surface area contributed by atoms with E-state index in [1.165, 1.54) is 0 Å². The topological polar surface area (TPSA) is 81.9 Å². The lowest BCUT2D eigenvalue weighted by molar-refractivity contribution is -0.116. The van der Waals surface area contributed by atoms with Gasteiger partial charge in [-0.05, 0) is 49.7 Å². The molecule has 0 spiro atoms. The van der Waals surface area contributed by atoms with Gasteiger partial charge in [-0.2, -0.15) is 5.10 Å². The summed E-state index contributed by atoms with van der Waals surface area (Å²) in [5.41, 5.74) is 1.65. The molecule has 2 heterocycles. The van der Waals surface area contributed by atoms with E-state index in [0.29, 0.717) is 23.9 Å². The molecule has 0 saturated carbocycles. The normalized spacial score (nSPS) is 10.5. The van der Waals surface area contributed by atoms with Crippen molar-refractivity contribution >= 4 is 11.6 Å². The van der Waals surface area contributed by atoms with E-state index in [1.54, 1.807) is 41.1 Å². The number of rotatable bonds is 6. The second-order valence-electron chi connectivity index (χ2n) is 5.56. The predicted octanol–water partition coefficient (Wildman–Crippen LogP) is 3.50. The van der Waals surface area contributed by atoms with E-state index in [4.69, 9.17) is 4.74 Å². The molecule has 3 aromatic rings. The number of aromatic nitrogens is 4. The van der Waals surface area contributed by atoms with Crippen LogP contribution in [0.15, 0.2) is 48.7 Å². The third kappa shape index (κ3) is 4.41. The molecule has 0 atom stereocenters. The van der Waals surface area contributed by atoms with Crippen LogP contribution in [0.4, 0.5) is 5.69 Å². The zero-order valence-corrected chi connectivity index (χ0v) is 14.1. The summed E-state index contributed by atoms with van der Waals surface area (Å²) in [7, 11) is 0. The maximum Gasteiger partial charge on any atom is 0.238 e. The van der Waals surface area contributed by atoms with Gasteiger partial charge < -0.3 is 10.1 Å². The van der Waals surface area contributed by atoms with E-state index in [1.807, 2.05) is 26.1 Å². The molecule has 128 valence electrons. The number of hydrogen-bond donors (Lipinski definition) is 1. The van der Waals surface area contributed by atoms with Gasteiger partial charge in [-0.25, -0.2) is 4.68 Å². The minimum Gasteiger partial charge on any atom is -0.438 e. The van der Waals surface area contributed by atoms with Crippen molar-refractivity contribution in [1.29, 1.82) is 0 Å². The summed E-state index contributed by atoms with van der Waals surface area (Å²) in [5.74, 6) is 1.63. The van der Waals surface area contributed by atoms with Gasteiger partial charge in [-0.1, -0.05) is 6.92 Å². The first-order chi connectivity index (χ1) is 12.1. The molecule has 2 aromatic heterocycles. The van der Waals surface area contributed by atoms with Crippen molar-refractivity contribution in [2.45, 2.75) is 26.7 Å². The molecule has 0 bridgehead atoms. The Balaban J connectivity index is 1.63. The van der Waals surface area contributed by atoms with Crippen molar-refractivity contribution in [1.82, 2.24) is 20.0 Å². The number of carbonyl (C=O) groups excluding carboxylic acids is 1. The molecule has 0 saturated heterocycles. The number of anilines is 1. The SMILES string of the molecule is CCCC(=O)Nc1ccc(Oc2ccc(-n3ccc(C)n3)nn2)cc1. The first kappa shape index (κ1) is 16.6. The van der Waals surface area contributed by atoms with Crippen LogP contribution in [0.5, 0.6) is 11.6 Å². The summed E-state index contributed by atoms with van der Waals surface area (Å²) in [6.07, 6.45) is 3.15. The summed E-state index contributed by atoms with van der Waals surface area (Å²) >= 11 is 0. The Hall–Kier alpha value is -3.22. The van der Waals surface area contributed by atoms with Gasteiger partial charge in [-0.15, -0.1) is 10.2 Å². The highest BCUT2D eigenvalue weighted by Crippen LogP contribution is 2.21. The number of aryl methyl sites for hydroxylation is 1. The highest BCUT2D eigenvalue weighted by molar-refractivity contribution is 5.90. The Morgan fingerprint density at radius 1 is 1.12 bits per heavy atom. The molecule has 0 aliphatic carbocycles. The number of nitrogens with zero attached hydrogens (tertiary/aromatic N) is 4. The average Bonchev–Trinajstić information content (AvgIpc) is 3.04. The van der Waals surface area contributed by atoms with Crippen molar-refractivity contribution in [2.75, 3.05) is 5.32 Å². The van der Waals surface area contributed by atoms with Crippen LogP contribution in [0.3, 0.4) is 0 Å². The molecule has 7 nitrogen and oxygen atoms in total. The smallest absolute Gasteiger partial charge is 0.238 e. The molecule has 25 heavy (non-hydrogen) atoms. The lowest BCUT2D eigenvalue weighted by Gasteiger charge is -2.07. The highest BCUT2D eigenvalue weighted by atomic mass is 16.5. The molecule has 1 amide bonds. The molecule has 1 aromatic carbocycles. The second-order valence-corrected chi connectivity index (χ2v) is 5.56. The van der Waals surface area contributed by atoms with E-state index >= 15 is 0 Å². The van der Waals surface area contributed by atoms with Crippen molar-refractivity contribution in [3.05, 3.63) is 54.4 Å². The van der Waals surface area contributed by atoms with Gasteiger partial charge in [0.15, 0.2) is 5.82 Å². The van der Waals surface area contributed by atoms with Gasteiger partial charge in [0, 0.05) is 24.4 Å². The Kier molecular flexibility index (Phi) is 5.03. The zero-order chi connectivity index (χ0) is 17.6. The molecule has 0 unspecified atom stereocenters. The van der Waals surface area contributed by atoms with Crippen LogP contribution in [0.2, 0.25) is 0 Å². The maximum atomic E-state index is 11.6. The zero-order valence-electron chi connectivity index (χ0n) is 14.1. The van der Waals surface area contributed by atoms with Crippen molar-refractivity contribution < 1.29 is 9.53 Å². The number of amides is 1. The van der Waals surface area contributed by atoms with Crippen molar-refractivity contribution in [3.63, 3.8) is 0 Å². The minimum absolute atomic E-state index is 0.00600. The van der Waals surface area contributed by atoms with Crippen LogP contribution in [-0.4, -0.2) is 25.9 Å². The van der Waals surface area contributed by atoms with Crippen molar-refractivity contribution in [3.8, 4) is 17.4 Å². The van der Waals surface area contributed by atoms with Gasteiger partial charge >= 0.3 is 0 Å². The Labute approximate surface area is 145 Å². The number of ether oxygens (including phenoxy) is 1. The Bertz CT molecular complexity index is 841. The Morgan fingerprint density at radius 3 is 2.52 bits per heavy atom. The molecule has 0 aliphatic rings. The van der Waals surface area contributed by atoms with Crippen LogP contribution in [0.25, 0.3) is 5.82 Å². The molecule has 7 heteroatoms. The van der Waals surface area contributed by atoms with Crippen LogP contribution in [0, 0.1) is 6.92 Å². The summed E-state index contributed by atoms with van der Waals surface area (Å²) in [5, 5.41) is 15.3. The fourth-order valence-corrected chi connectivity index (χ4v) is 2.21. The fraction of sp³-hybridized carbons (Fsp3) is 0.222. The van der Waals surface area contributed by atoms with Gasteiger partial charge in [0.2, 0.25) is 11.8 Å². The van der Waals surface area contributed by atoms with E-state index in [9.17, 15) is 4.79 Å². The van der Waals surface area contributed by atoms with Gasteiger partial charge in [0.05, 0.1) is 5.69 Å². The molecule has 0 aliphatic heterocycles. The van der Waals surface area contributed by atoms with E-state index < -0.39 is 0 Å². The van der Waals surface area contributed by atoms with Crippen LogP contribution >= 0.6 is 0 Å². The van der Waals surface area contributed by atoms with E-state index in [2.05, 4.69) is 20.6 Å². The van der Waals surface area contributed by atoms with Crippen LogP contribution in [-0.2, 0) is 4.79 Å². The number of carbonyl (C=O) groups is 1. The molecule has 0 fully saturated rings. The molecule has 1 N–H and O–H groups in total. The number of hydrogen-bond acceptors (Lipinski definition) is 5. The minimum atomic E-state index is 0.00600. The predicted molar refractivity (Wildman–Crippen MR) is 93.9 cm³/mol. The third-order valence-corrected chi connectivity index (χ3v) is 3.42. The summed E-state index contributed by atoms with van der Waals surface area (Å²) in [6, 6.07) is 12.5. The number of benzene rings is 1. The summed E-state index contributed by atoms with van der Waals surface area (Å²) in [6.45, 7) is 3.88. The average molecular weight is 337 g/mol. The second kappa shape index (κ2) is 7.57. The lowest BCUT2D eigenvalue weighted by atomic mass is 10.2. The first-order valence-electron chi connectivity index (χ1n) is 8.08. The van der Waals surface area contributed by atoms with Crippen molar-refractivity contribution in [2.24, 2.45) is 0 Å². The maximum absolute atomic E-state index is 11.6. The molecular formula is C18H19N5O2. The fourth-order valence-electron chi connectivity index (χ4n) is 2.21. The number of nitrogens with one attached hydrogen (secondary N) is 1. The molecule has 0 radical (unpaired) electrons. The van der Waals surface area contributed by atoms with Gasteiger partial charge in [-0.3, -0.25) is 4.79 Å². The standard InChI is InChI=1S/C18H19N5O2/c1-3-4-17(24)19-14-5-7-15(8-6-14)25-18-10-9-16(20-21-18)23-12-11-13(2)22-23/h5-12H,3-4H2,1-2H3,(H,19,24). The summed E-state index contributed by atoms with van der Waals surface area (Å²) < 4.78 is 7.32. The monoisotopic (exact) mass is 337 g/mol. The van der Waals surface area contributed by atoms with E-state index in [0.717, 1.165) is 17.8 Å². The van der Waals surface area contributed by atoms with Crippen LogP contribution in [0.1, 0.15) is 25.5 Å².